The molecule has 0 rings (SSSR count). The number of halogens is 1. The molecule has 2 heteroatoms. The molecule has 0 aromatic carbocycles. The van der Waals surface area contributed by atoms with Gasteiger partial charge in [-0.1, -0.05) is 137 Å². The molecule has 35 heavy (non-hydrogen) atoms. The molecule has 0 amide bonds. The van der Waals surface area contributed by atoms with Crippen LogP contribution in [0.5, 0.6) is 0 Å². The van der Waals surface area contributed by atoms with Crippen molar-refractivity contribution in [3.8, 4) is 0 Å². The fourth-order valence-electron chi connectivity index (χ4n) is 5.76. The molecule has 0 bridgehead atoms. The fraction of sp³-hybridized carbons (Fsp3) is 1.00. The van der Waals surface area contributed by atoms with E-state index >= 15 is 0 Å². The molecule has 0 heterocycles. The topological polar surface area (TPSA) is 0 Å². The molecule has 0 unspecified atom stereocenters. The molecule has 0 aliphatic heterocycles. The minimum atomic E-state index is 0. The van der Waals surface area contributed by atoms with Crippen LogP contribution in [0.15, 0.2) is 0 Å². The number of hydrogen-bond acceptors (Lipinski definition) is 0. The highest BCUT2D eigenvalue weighted by Gasteiger charge is 2.25. The van der Waals surface area contributed by atoms with Crippen molar-refractivity contribution in [2.75, 3.05) is 26.2 Å². The molecule has 0 spiro atoms. The van der Waals surface area contributed by atoms with Gasteiger partial charge in [0.05, 0.1) is 26.2 Å². The lowest BCUT2D eigenvalue weighted by atomic mass is 10.0. The van der Waals surface area contributed by atoms with Gasteiger partial charge >= 0.3 is 0 Å². The van der Waals surface area contributed by atoms with E-state index in [0.29, 0.717) is 0 Å². The zero-order valence-electron chi connectivity index (χ0n) is 25.3. The maximum absolute atomic E-state index is 2.34. The minimum absolute atomic E-state index is 0. The van der Waals surface area contributed by atoms with Crippen LogP contribution in [-0.2, 0) is 0 Å². The SMILES string of the molecule is CCCCCCCCC[N+](CCCCCCCC)(CCCCCCCC)CCCCCCCC.[Br-]. The number of unbranched alkanes of at least 4 members (excludes halogenated alkanes) is 21. The number of quaternary nitrogens is 1. The summed E-state index contributed by atoms with van der Waals surface area (Å²) in [5.41, 5.74) is 0. The second-order valence-electron chi connectivity index (χ2n) is 11.7. The van der Waals surface area contributed by atoms with Crippen LogP contribution < -0.4 is 17.0 Å². The average Bonchev–Trinajstić information content (AvgIpc) is 2.85. The highest BCUT2D eigenvalue weighted by molar-refractivity contribution is 4.55. The monoisotopic (exact) mass is 559 g/mol. The molecule has 1 nitrogen and oxygen atoms in total. The van der Waals surface area contributed by atoms with Crippen LogP contribution in [0.25, 0.3) is 0 Å². The second-order valence-corrected chi connectivity index (χ2v) is 11.7. The molecule has 0 fully saturated rings. The summed E-state index contributed by atoms with van der Waals surface area (Å²) < 4.78 is 1.48. The van der Waals surface area contributed by atoms with E-state index in [2.05, 4.69) is 27.7 Å². The Morgan fingerprint density at radius 2 is 0.429 bits per heavy atom. The molecule has 0 saturated carbocycles. The van der Waals surface area contributed by atoms with Crippen molar-refractivity contribution in [3.05, 3.63) is 0 Å². The third kappa shape index (κ3) is 25.9. The first kappa shape index (κ1) is 37.6. The van der Waals surface area contributed by atoms with Gasteiger partial charge in [-0.25, -0.2) is 0 Å². The largest absolute Gasteiger partial charge is 1.00 e. The van der Waals surface area contributed by atoms with Crippen molar-refractivity contribution >= 4 is 0 Å². The van der Waals surface area contributed by atoms with Crippen LogP contribution in [0, 0.1) is 0 Å². The van der Waals surface area contributed by atoms with Gasteiger partial charge in [0.15, 0.2) is 0 Å². The fourth-order valence-corrected chi connectivity index (χ4v) is 5.76. The van der Waals surface area contributed by atoms with E-state index in [0.717, 1.165) is 0 Å². The molecule has 0 radical (unpaired) electrons. The van der Waals surface area contributed by atoms with E-state index in [1.807, 2.05) is 0 Å². The van der Waals surface area contributed by atoms with E-state index < -0.39 is 0 Å². The Morgan fingerprint density at radius 1 is 0.257 bits per heavy atom. The standard InChI is InChI=1S/C33H70N.BrH/c1-5-9-13-17-21-25-29-33-34(30-26-22-18-14-10-6-2,31-27-23-19-15-11-7-3)32-28-24-20-16-12-8-4;/h5-33H2,1-4H3;1H/q+1;/p-1. The van der Waals surface area contributed by atoms with Gasteiger partial charge in [0.1, 0.15) is 0 Å². The van der Waals surface area contributed by atoms with E-state index in [-0.39, 0.29) is 17.0 Å². The summed E-state index contributed by atoms with van der Waals surface area (Å²) in [6.45, 7) is 15.3. The van der Waals surface area contributed by atoms with Crippen molar-refractivity contribution in [3.63, 3.8) is 0 Å². The third-order valence-corrected chi connectivity index (χ3v) is 8.19. The van der Waals surface area contributed by atoms with Crippen LogP contribution >= 0.6 is 0 Å². The number of rotatable bonds is 29. The first-order chi connectivity index (χ1) is 16.7. The normalized spacial score (nSPS) is 11.7. The zero-order valence-corrected chi connectivity index (χ0v) is 26.9. The Bertz CT molecular complexity index is 329. The quantitative estimate of drug-likeness (QED) is 0.0634. The van der Waals surface area contributed by atoms with E-state index in [4.69, 9.17) is 0 Å². The number of hydrogen-bond donors (Lipinski definition) is 0. The predicted molar refractivity (Wildman–Crippen MR) is 158 cm³/mol. The highest BCUT2D eigenvalue weighted by atomic mass is 79.9. The minimum Gasteiger partial charge on any atom is -1.00 e. The molecular weight excluding hydrogens is 490 g/mol. The predicted octanol–water partition coefficient (Wildman–Crippen LogP) is 8.64. The van der Waals surface area contributed by atoms with Gasteiger partial charge in [-0.05, 0) is 51.4 Å². The van der Waals surface area contributed by atoms with Crippen molar-refractivity contribution in [2.24, 2.45) is 0 Å². The summed E-state index contributed by atoms with van der Waals surface area (Å²) in [5, 5.41) is 0. The maximum Gasteiger partial charge on any atom is 0.0786 e. The smallest absolute Gasteiger partial charge is 0.0786 e. The van der Waals surface area contributed by atoms with Gasteiger partial charge in [-0.3, -0.25) is 0 Å². The summed E-state index contributed by atoms with van der Waals surface area (Å²) in [4.78, 5) is 0. The van der Waals surface area contributed by atoms with Crippen LogP contribution in [0.1, 0.15) is 188 Å². The maximum atomic E-state index is 2.34. The summed E-state index contributed by atoms with van der Waals surface area (Å²) in [6, 6.07) is 0. The lowest BCUT2D eigenvalue weighted by Crippen LogP contribution is -3.00. The highest BCUT2D eigenvalue weighted by Crippen LogP contribution is 2.20. The molecule has 214 valence electrons. The van der Waals surface area contributed by atoms with Crippen LogP contribution in [-0.4, -0.2) is 30.7 Å². The third-order valence-electron chi connectivity index (χ3n) is 8.19. The van der Waals surface area contributed by atoms with Crippen LogP contribution in [0.3, 0.4) is 0 Å². The Kier molecular flexibility index (Phi) is 32.9. The molecule has 0 saturated heterocycles. The first-order valence-corrected chi connectivity index (χ1v) is 16.6. The molecule has 0 aromatic rings. The Labute approximate surface area is 235 Å². The van der Waals surface area contributed by atoms with E-state index in [9.17, 15) is 0 Å². The number of nitrogens with zero attached hydrogens (tertiary/aromatic N) is 1. The Hall–Kier alpha value is 0.440. The zero-order chi connectivity index (χ0) is 25.0. The van der Waals surface area contributed by atoms with Crippen molar-refractivity contribution in [1.82, 2.24) is 0 Å². The van der Waals surface area contributed by atoms with E-state index in [1.165, 1.54) is 191 Å². The molecule has 0 N–H and O–H groups in total. The van der Waals surface area contributed by atoms with Crippen LogP contribution in [0.2, 0.25) is 0 Å². The van der Waals surface area contributed by atoms with Crippen molar-refractivity contribution in [1.29, 1.82) is 0 Å². The Morgan fingerprint density at radius 3 is 0.629 bits per heavy atom. The van der Waals surface area contributed by atoms with Gasteiger partial charge in [0.2, 0.25) is 0 Å². The lowest BCUT2D eigenvalue weighted by Gasteiger charge is -2.40. The van der Waals surface area contributed by atoms with Crippen molar-refractivity contribution in [2.45, 2.75) is 188 Å². The van der Waals surface area contributed by atoms with Gasteiger partial charge in [0.25, 0.3) is 0 Å². The molecule has 0 aliphatic carbocycles. The molecular formula is C33H70BrN. The van der Waals surface area contributed by atoms with E-state index in [1.54, 1.807) is 0 Å². The molecule has 0 aromatic heterocycles. The molecule has 0 aliphatic rings. The second kappa shape index (κ2) is 30.7. The Balaban J connectivity index is 0. The first-order valence-electron chi connectivity index (χ1n) is 16.6. The van der Waals surface area contributed by atoms with Gasteiger partial charge in [0, 0.05) is 0 Å². The lowest BCUT2D eigenvalue weighted by molar-refractivity contribution is -0.929. The summed E-state index contributed by atoms with van der Waals surface area (Å²) >= 11 is 0. The van der Waals surface area contributed by atoms with Gasteiger partial charge < -0.3 is 21.5 Å². The van der Waals surface area contributed by atoms with Crippen molar-refractivity contribution < 1.29 is 21.5 Å². The summed E-state index contributed by atoms with van der Waals surface area (Å²) in [6.07, 6.45) is 36.3. The van der Waals surface area contributed by atoms with Crippen LogP contribution in [0.4, 0.5) is 0 Å². The summed E-state index contributed by atoms with van der Waals surface area (Å²) in [5.74, 6) is 0. The molecule has 0 atom stereocenters. The summed E-state index contributed by atoms with van der Waals surface area (Å²) in [7, 11) is 0. The van der Waals surface area contributed by atoms with Gasteiger partial charge in [-0.2, -0.15) is 0 Å². The average molecular weight is 561 g/mol. The van der Waals surface area contributed by atoms with Gasteiger partial charge in [-0.15, -0.1) is 0 Å².